The van der Waals surface area contributed by atoms with Crippen LogP contribution in [-0.2, 0) is 54.8 Å². The highest BCUT2D eigenvalue weighted by Crippen LogP contribution is 2.57. The van der Waals surface area contributed by atoms with Crippen LogP contribution >= 0.6 is 0 Å². The minimum atomic E-state index is -6.04. The monoisotopic (exact) mass is 1370 g/mol. The van der Waals surface area contributed by atoms with Gasteiger partial charge in [-0.05, 0) is 147 Å². The van der Waals surface area contributed by atoms with Gasteiger partial charge in [0.2, 0.25) is 0 Å². The second-order valence-corrected chi connectivity index (χ2v) is 22.6. The zero-order valence-corrected chi connectivity index (χ0v) is 47.7. The second-order valence-electron chi connectivity index (χ2n) is 22.6. The van der Waals surface area contributed by atoms with E-state index in [0.717, 1.165) is 88.0 Å². The maximum atomic E-state index is 16.3. The maximum Gasteiger partial charge on any atom is 0.417 e. The Morgan fingerprint density at radius 3 is 0.979 bits per heavy atom. The van der Waals surface area contributed by atoms with Crippen LogP contribution in [0, 0.1) is 11.3 Å². The highest BCUT2D eigenvalue weighted by atomic mass is 19.4. The summed E-state index contributed by atoms with van der Waals surface area (Å²) in [5.74, 6) is 0. The van der Waals surface area contributed by atoms with Crippen molar-refractivity contribution >= 4 is 43.6 Å². The second kappa shape index (κ2) is 21.5. The topological polar surface area (TPSA) is 46.5 Å². The summed E-state index contributed by atoms with van der Waals surface area (Å²) in [4.78, 5) is 4.00. The molecule has 12 aromatic rings. The molecular weight excluding hydrogens is 1340 g/mol. The number of rotatable bonds is 5. The van der Waals surface area contributed by atoms with Crippen molar-refractivity contribution in [3.63, 3.8) is 0 Å². The van der Waals surface area contributed by atoms with E-state index in [1.807, 2.05) is 6.07 Å². The van der Waals surface area contributed by atoms with Crippen molar-refractivity contribution in [1.82, 2.24) is 14.1 Å². The predicted molar refractivity (Wildman–Crippen MR) is 306 cm³/mol. The summed E-state index contributed by atoms with van der Waals surface area (Å²) < 4.78 is 365. The van der Waals surface area contributed by atoms with Crippen molar-refractivity contribution in [2.24, 2.45) is 0 Å². The third kappa shape index (κ3) is 10.8. The van der Waals surface area contributed by atoms with Gasteiger partial charge in [0, 0.05) is 39.5 Å². The van der Waals surface area contributed by atoms with E-state index in [-0.39, 0.29) is 97.0 Å². The Kier molecular flexibility index (Phi) is 14.5. The summed E-state index contributed by atoms with van der Waals surface area (Å²) >= 11 is 0. The van der Waals surface area contributed by atoms with E-state index in [1.165, 1.54) is 30.6 Å². The van der Waals surface area contributed by atoms with E-state index in [9.17, 15) is 57.9 Å². The van der Waals surface area contributed by atoms with Gasteiger partial charge in [-0.25, -0.2) is 0 Å². The molecule has 28 heteroatoms. The zero-order valence-electron chi connectivity index (χ0n) is 47.7. The van der Waals surface area contributed by atoms with Crippen molar-refractivity contribution < 1.29 is 105 Å². The molecule has 0 atom stereocenters. The molecule has 0 spiro atoms. The summed E-state index contributed by atoms with van der Waals surface area (Å²) in [5.41, 5.74) is -29.5. The van der Waals surface area contributed by atoms with Crippen LogP contribution < -0.4 is 0 Å². The number of nitriles is 1. The molecule has 1 aliphatic heterocycles. The fourth-order valence-electron chi connectivity index (χ4n) is 13.1. The van der Waals surface area contributed by atoms with E-state index in [2.05, 4.69) is 4.98 Å². The Balaban J connectivity index is 1.31. The van der Waals surface area contributed by atoms with Crippen molar-refractivity contribution in [2.45, 2.75) is 54.8 Å². The molecule has 4 bridgehead atoms. The molecule has 9 aromatic carbocycles. The average molecular weight is 1370 g/mol. The van der Waals surface area contributed by atoms with Gasteiger partial charge in [-0.1, -0.05) is 72.8 Å². The Labute approximate surface area is 527 Å². The highest BCUT2D eigenvalue weighted by Gasteiger charge is 2.52. The molecule has 0 saturated carbocycles. The molecule has 13 rings (SSSR count). The molecule has 0 radical (unpaired) electrons. The number of fused-ring (bicyclic) bond motifs is 11. The minimum absolute atomic E-state index is 0.0573. The Hall–Kier alpha value is -10.5. The summed E-state index contributed by atoms with van der Waals surface area (Å²) in [6, 6.07) is 19.9. The van der Waals surface area contributed by atoms with Crippen LogP contribution in [0.2, 0.25) is 0 Å². The summed E-state index contributed by atoms with van der Waals surface area (Å²) in [6.07, 6.45) is -42.7. The van der Waals surface area contributed by atoms with E-state index >= 15 is 52.7 Å². The molecular formula is C69H30F24N4. The van der Waals surface area contributed by atoms with Gasteiger partial charge >= 0.3 is 49.4 Å². The first-order valence-corrected chi connectivity index (χ1v) is 27.9. The van der Waals surface area contributed by atoms with E-state index in [4.69, 9.17) is 0 Å². The third-order valence-corrected chi connectivity index (χ3v) is 17.1. The Morgan fingerprint density at radius 2 is 0.629 bits per heavy atom. The lowest BCUT2D eigenvalue weighted by Gasteiger charge is -2.40. The van der Waals surface area contributed by atoms with E-state index in [0.29, 0.717) is 24.3 Å². The van der Waals surface area contributed by atoms with Crippen LogP contribution in [0.4, 0.5) is 105 Å². The molecule has 0 fully saturated rings. The average Bonchev–Trinajstić information content (AvgIpc) is 1.67. The normalized spacial score (nSPS) is 14.1. The lowest BCUT2D eigenvalue weighted by Crippen LogP contribution is -2.36. The van der Waals surface area contributed by atoms with Crippen LogP contribution in [0.25, 0.3) is 88.4 Å². The summed E-state index contributed by atoms with van der Waals surface area (Å²) in [7, 11) is 0. The fourth-order valence-corrected chi connectivity index (χ4v) is 13.1. The number of pyridine rings is 1. The number of nitrogens with zero attached hydrogens (tertiary/aromatic N) is 4. The smallest absolute Gasteiger partial charge is 0.307 e. The number of hydrogen-bond acceptors (Lipinski definition) is 2. The third-order valence-electron chi connectivity index (χ3n) is 17.1. The zero-order chi connectivity index (χ0) is 70.0. The molecule has 0 amide bonds. The molecule has 4 heterocycles. The number of hydrogen-bond donors (Lipinski definition) is 0. The maximum absolute atomic E-state index is 16.3. The van der Waals surface area contributed by atoms with Gasteiger partial charge in [0.1, 0.15) is 0 Å². The lowest BCUT2D eigenvalue weighted by molar-refractivity contribution is -0.145. The van der Waals surface area contributed by atoms with E-state index in [1.54, 1.807) is 0 Å². The molecule has 4 nitrogen and oxygen atoms in total. The molecule has 3 aromatic heterocycles. The molecule has 0 unspecified atom stereocenters. The first-order valence-electron chi connectivity index (χ1n) is 27.9. The van der Waals surface area contributed by atoms with Gasteiger partial charge in [0.05, 0.1) is 95.0 Å². The molecule has 0 saturated heterocycles. The minimum Gasteiger partial charge on any atom is -0.307 e. The molecule has 1 aliphatic rings. The number of aromatic nitrogens is 3. The standard InChI is InChI=1S/C69H30F24N4/c70-62(71,72)38-5-11-42(51(24-38)66(82,83)84)33-1-9-44-46-13-3-36-28-57(46)96(55(44)21-33)59-23-35(31-94)48(32-17-19-95-20-18-32)30-60(59)97-56-22-34(43-12-6-39(63(73,74)75)25-52(43)67(85,86)87)2-10-45(56)47-14-4-37(29-58(47)97)61(36,49-15-7-40(64(76,77)78)26-53(49)68(88,89)90)50-16-8-41(65(79,80)81)27-54(50)69(91,92)93/h1-30H. The highest BCUT2D eigenvalue weighted by molar-refractivity contribution is 6.14. The quantitative estimate of drug-likeness (QED) is 0.161. The fraction of sp³-hybridized carbons (Fsp3) is 0.130. The lowest BCUT2D eigenvalue weighted by atomic mass is 9.62. The molecule has 0 aliphatic carbocycles. The molecule has 97 heavy (non-hydrogen) atoms. The van der Waals surface area contributed by atoms with Crippen molar-refractivity contribution in [2.75, 3.05) is 0 Å². The Morgan fingerprint density at radius 1 is 0.299 bits per heavy atom. The first kappa shape index (κ1) is 65.2. The van der Waals surface area contributed by atoms with Gasteiger partial charge in [-0.2, -0.15) is 111 Å². The largest absolute Gasteiger partial charge is 0.417 e. The van der Waals surface area contributed by atoms with Crippen molar-refractivity contribution in [3.05, 3.63) is 255 Å². The van der Waals surface area contributed by atoms with Crippen LogP contribution in [0.15, 0.2) is 182 Å². The van der Waals surface area contributed by atoms with Crippen molar-refractivity contribution in [1.29, 1.82) is 5.26 Å². The van der Waals surface area contributed by atoms with Crippen LogP contribution in [0.3, 0.4) is 0 Å². The summed E-state index contributed by atoms with van der Waals surface area (Å²) in [5, 5.41) is 10.6. The van der Waals surface area contributed by atoms with Crippen LogP contribution in [-0.4, -0.2) is 14.1 Å². The van der Waals surface area contributed by atoms with Crippen LogP contribution in [0.5, 0.6) is 0 Å². The Bertz CT molecular complexity index is 5220. The first-order chi connectivity index (χ1) is 45.1. The van der Waals surface area contributed by atoms with Gasteiger partial charge in [-0.15, -0.1) is 0 Å². The van der Waals surface area contributed by atoms with Gasteiger partial charge in [0.15, 0.2) is 0 Å². The SMILES string of the molecule is N#Cc1cc2c(cc1-c1ccncc1)-n1c3cc(-c4ccc(C(F)(F)F)cc4C(F)(F)F)ccc3c3ccc(cc31)C(c1ccc(C(F)(F)F)cc1C(F)(F)F)(c1ccc(C(F)(F)F)cc1C(F)(F)F)c1ccc3c4ccc(-c5ccc(C(F)(F)F)cc5C(F)(F)F)cc4n-2c3c1. The van der Waals surface area contributed by atoms with Crippen LogP contribution in [0.1, 0.15) is 72.3 Å². The van der Waals surface area contributed by atoms with E-state index < -0.39 is 167 Å². The van der Waals surface area contributed by atoms with Gasteiger partial charge < -0.3 is 9.13 Å². The van der Waals surface area contributed by atoms with Crippen molar-refractivity contribution in [3.8, 4) is 50.8 Å². The van der Waals surface area contributed by atoms with Gasteiger partial charge in [0.25, 0.3) is 0 Å². The summed E-state index contributed by atoms with van der Waals surface area (Å²) in [6.45, 7) is 0. The number of halogens is 24. The molecule has 0 N–H and O–H groups in total. The number of benzene rings is 9. The predicted octanol–water partition coefficient (Wildman–Crippen LogP) is 23.0. The van der Waals surface area contributed by atoms with Gasteiger partial charge in [-0.3, -0.25) is 4.98 Å². The number of alkyl halides is 24. The molecule has 494 valence electrons.